The summed E-state index contributed by atoms with van der Waals surface area (Å²) in [6.45, 7) is 0. The Morgan fingerprint density at radius 1 is 1.26 bits per heavy atom. The van der Waals surface area contributed by atoms with E-state index in [2.05, 4.69) is 29.6 Å². The van der Waals surface area contributed by atoms with Crippen LogP contribution in [0.2, 0.25) is 0 Å². The number of thiophene rings is 1. The third kappa shape index (κ3) is 4.88. The highest BCUT2D eigenvalue weighted by Crippen LogP contribution is 2.19. The molecule has 0 spiro atoms. The number of halogens is 1. The second-order valence-corrected chi connectivity index (χ2v) is 6.27. The number of alkyl halides is 1. The number of hydrogen-bond donors (Lipinski definition) is 0. The van der Waals surface area contributed by atoms with Gasteiger partial charge in [-0.1, -0.05) is 18.2 Å². The van der Waals surface area contributed by atoms with Crippen molar-refractivity contribution in [3.05, 3.63) is 52.2 Å². The van der Waals surface area contributed by atoms with E-state index in [4.69, 9.17) is 16.3 Å². The van der Waals surface area contributed by atoms with E-state index in [0.29, 0.717) is 0 Å². The summed E-state index contributed by atoms with van der Waals surface area (Å²) in [6.07, 6.45) is 4.25. The van der Waals surface area contributed by atoms with Crippen LogP contribution in [0.1, 0.15) is 23.3 Å². The minimum atomic E-state index is 0.201. The summed E-state index contributed by atoms with van der Waals surface area (Å²) >= 11 is 8.24. The van der Waals surface area contributed by atoms with Crippen LogP contribution in [0.15, 0.2) is 41.8 Å². The minimum Gasteiger partial charge on any atom is -0.497 e. The quantitative estimate of drug-likeness (QED) is 0.658. The number of aryl methyl sites for hydroxylation is 1. The van der Waals surface area contributed by atoms with Crippen LogP contribution in [-0.2, 0) is 12.8 Å². The molecule has 2 aromatic rings. The Labute approximate surface area is 124 Å². The van der Waals surface area contributed by atoms with Gasteiger partial charge in [-0.05, 0) is 54.8 Å². The molecular formula is C16H19ClOS. The van der Waals surface area contributed by atoms with Gasteiger partial charge in [-0.15, -0.1) is 22.9 Å². The van der Waals surface area contributed by atoms with Crippen LogP contribution >= 0.6 is 22.9 Å². The first-order valence-electron chi connectivity index (χ1n) is 6.57. The van der Waals surface area contributed by atoms with Gasteiger partial charge in [0.05, 0.1) is 7.11 Å². The first-order valence-corrected chi connectivity index (χ1v) is 7.89. The van der Waals surface area contributed by atoms with Crippen molar-refractivity contribution in [3.63, 3.8) is 0 Å². The highest BCUT2D eigenvalue weighted by Gasteiger charge is 2.07. The average Bonchev–Trinajstić information content (AvgIpc) is 2.92. The topological polar surface area (TPSA) is 9.23 Å². The summed E-state index contributed by atoms with van der Waals surface area (Å²) in [7, 11) is 1.69. The molecule has 1 nitrogen and oxygen atoms in total. The van der Waals surface area contributed by atoms with Gasteiger partial charge in [-0.25, -0.2) is 0 Å². The highest BCUT2D eigenvalue weighted by atomic mass is 35.5. The van der Waals surface area contributed by atoms with Crippen molar-refractivity contribution in [1.29, 1.82) is 0 Å². The zero-order valence-corrected chi connectivity index (χ0v) is 12.7. The normalized spacial score (nSPS) is 12.3. The second kappa shape index (κ2) is 7.56. The number of ether oxygens (including phenoxy) is 1. The summed E-state index contributed by atoms with van der Waals surface area (Å²) in [5.41, 5.74) is 1.25. The third-order valence-electron chi connectivity index (χ3n) is 3.11. The van der Waals surface area contributed by atoms with Crippen molar-refractivity contribution in [2.45, 2.75) is 31.1 Å². The van der Waals surface area contributed by atoms with Gasteiger partial charge < -0.3 is 4.74 Å². The molecule has 1 atom stereocenters. The molecule has 1 heterocycles. The van der Waals surface area contributed by atoms with Crippen molar-refractivity contribution in [2.75, 3.05) is 7.11 Å². The van der Waals surface area contributed by atoms with Gasteiger partial charge in [-0.2, -0.15) is 0 Å². The van der Waals surface area contributed by atoms with E-state index in [9.17, 15) is 0 Å². The third-order valence-corrected chi connectivity index (χ3v) is 4.42. The summed E-state index contributed by atoms with van der Waals surface area (Å²) in [6, 6.07) is 12.4. The lowest BCUT2D eigenvalue weighted by molar-refractivity contribution is 0.414. The zero-order valence-electron chi connectivity index (χ0n) is 11.1. The standard InChI is InChI=1S/C16H19ClOS/c1-18-15-7-2-5-13(12-15)11-14(17)6-3-8-16-9-4-10-19-16/h2,4-5,7,9-10,12,14H,3,6,8,11H2,1H3. The van der Waals surface area contributed by atoms with Gasteiger partial charge in [0.25, 0.3) is 0 Å². The molecule has 0 saturated carbocycles. The van der Waals surface area contributed by atoms with Gasteiger partial charge in [-0.3, -0.25) is 0 Å². The molecular weight excluding hydrogens is 276 g/mol. The van der Waals surface area contributed by atoms with Crippen LogP contribution in [0, 0.1) is 0 Å². The predicted molar refractivity (Wildman–Crippen MR) is 83.6 cm³/mol. The Hall–Kier alpha value is -0.990. The molecule has 3 heteroatoms. The Balaban J connectivity index is 1.75. The Bertz CT molecular complexity index is 481. The van der Waals surface area contributed by atoms with Gasteiger partial charge in [0.15, 0.2) is 0 Å². The minimum absolute atomic E-state index is 0.201. The van der Waals surface area contributed by atoms with Gasteiger partial charge in [0.1, 0.15) is 5.75 Å². The fraction of sp³-hybridized carbons (Fsp3) is 0.375. The summed E-state index contributed by atoms with van der Waals surface area (Å²) in [5.74, 6) is 0.903. The maximum absolute atomic E-state index is 6.41. The molecule has 0 saturated heterocycles. The van der Waals surface area contributed by atoms with E-state index in [1.54, 1.807) is 7.11 Å². The number of rotatable bonds is 7. The highest BCUT2D eigenvalue weighted by molar-refractivity contribution is 7.09. The molecule has 1 aromatic heterocycles. The summed E-state index contributed by atoms with van der Waals surface area (Å²) < 4.78 is 5.22. The molecule has 1 aromatic carbocycles. The van der Waals surface area contributed by atoms with Crippen molar-refractivity contribution in [2.24, 2.45) is 0 Å². The molecule has 0 aliphatic rings. The van der Waals surface area contributed by atoms with E-state index in [1.165, 1.54) is 10.4 Å². The van der Waals surface area contributed by atoms with Crippen LogP contribution in [0.4, 0.5) is 0 Å². The molecule has 0 radical (unpaired) electrons. The Morgan fingerprint density at radius 3 is 2.89 bits per heavy atom. The van der Waals surface area contributed by atoms with Gasteiger partial charge in [0, 0.05) is 10.3 Å². The first-order chi connectivity index (χ1) is 9.28. The van der Waals surface area contributed by atoms with Crippen LogP contribution < -0.4 is 4.74 Å². The second-order valence-electron chi connectivity index (χ2n) is 4.62. The van der Waals surface area contributed by atoms with E-state index < -0.39 is 0 Å². The largest absolute Gasteiger partial charge is 0.497 e. The molecule has 0 aliphatic carbocycles. The molecule has 0 N–H and O–H groups in total. The lowest BCUT2D eigenvalue weighted by Crippen LogP contribution is -2.04. The van der Waals surface area contributed by atoms with E-state index >= 15 is 0 Å². The van der Waals surface area contributed by atoms with Crippen molar-refractivity contribution in [3.8, 4) is 5.75 Å². The van der Waals surface area contributed by atoms with E-state index in [1.807, 2.05) is 23.5 Å². The van der Waals surface area contributed by atoms with Crippen molar-refractivity contribution >= 4 is 22.9 Å². The van der Waals surface area contributed by atoms with Gasteiger partial charge in [0.2, 0.25) is 0 Å². The maximum Gasteiger partial charge on any atom is 0.119 e. The Kier molecular flexibility index (Phi) is 5.74. The maximum atomic E-state index is 6.41. The fourth-order valence-corrected chi connectivity index (χ4v) is 3.19. The average molecular weight is 295 g/mol. The molecule has 19 heavy (non-hydrogen) atoms. The molecule has 102 valence electrons. The van der Waals surface area contributed by atoms with Crippen molar-refractivity contribution < 1.29 is 4.74 Å². The SMILES string of the molecule is COc1cccc(CC(Cl)CCCc2cccs2)c1. The number of benzene rings is 1. The number of hydrogen-bond acceptors (Lipinski definition) is 2. The van der Waals surface area contributed by atoms with Crippen LogP contribution in [0.3, 0.4) is 0 Å². The smallest absolute Gasteiger partial charge is 0.119 e. The van der Waals surface area contributed by atoms with Crippen LogP contribution in [0.5, 0.6) is 5.75 Å². The van der Waals surface area contributed by atoms with Crippen LogP contribution in [0.25, 0.3) is 0 Å². The fourth-order valence-electron chi connectivity index (χ4n) is 2.11. The molecule has 0 bridgehead atoms. The molecule has 2 rings (SSSR count). The molecule has 0 amide bonds. The first kappa shape index (κ1) is 14.4. The Morgan fingerprint density at radius 2 is 2.16 bits per heavy atom. The van der Waals surface area contributed by atoms with Crippen LogP contribution in [-0.4, -0.2) is 12.5 Å². The summed E-state index contributed by atoms with van der Waals surface area (Å²) in [4.78, 5) is 1.45. The monoisotopic (exact) mass is 294 g/mol. The molecule has 0 fully saturated rings. The lowest BCUT2D eigenvalue weighted by atomic mass is 10.1. The zero-order chi connectivity index (χ0) is 13.5. The lowest BCUT2D eigenvalue weighted by Gasteiger charge is -2.10. The van der Waals surface area contributed by atoms with E-state index in [0.717, 1.165) is 31.4 Å². The predicted octanol–water partition coefficient (Wildman–Crippen LogP) is 4.93. The van der Waals surface area contributed by atoms with Gasteiger partial charge >= 0.3 is 0 Å². The molecule has 0 aliphatic heterocycles. The van der Waals surface area contributed by atoms with Crippen molar-refractivity contribution in [1.82, 2.24) is 0 Å². The summed E-state index contributed by atoms with van der Waals surface area (Å²) in [5, 5.41) is 2.33. The van der Waals surface area contributed by atoms with E-state index in [-0.39, 0.29) is 5.38 Å². The molecule has 1 unspecified atom stereocenters. The number of methoxy groups -OCH3 is 1.